The summed E-state index contributed by atoms with van der Waals surface area (Å²) in [6.07, 6.45) is 0.213. The highest BCUT2D eigenvalue weighted by Crippen LogP contribution is 2.30. The monoisotopic (exact) mass is 376 g/mol. The molecular weight excluding hydrogens is 356 g/mol. The summed E-state index contributed by atoms with van der Waals surface area (Å²) in [4.78, 5) is 13.4. The predicted octanol–water partition coefficient (Wildman–Crippen LogP) is 1.70. The van der Waals surface area contributed by atoms with Crippen LogP contribution in [0.1, 0.15) is 11.1 Å². The van der Waals surface area contributed by atoms with E-state index in [1.807, 2.05) is 0 Å². The number of anilines is 1. The molecule has 1 aliphatic rings. The first-order chi connectivity index (χ1) is 12.4. The van der Waals surface area contributed by atoms with E-state index < -0.39 is 10.0 Å². The zero-order valence-electron chi connectivity index (χ0n) is 14.8. The predicted molar refractivity (Wildman–Crippen MR) is 97.1 cm³/mol. The maximum absolute atomic E-state index is 12.6. The lowest BCUT2D eigenvalue weighted by atomic mass is 10.2. The van der Waals surface area contributed by atoms with E-state index in [1.165, 1.54) is 25.2 Å². The number of benzene rings is 2. The van der Waals surface area contributed by atoms with E-state index in [-0.39, 0.29) is 23.8 Å². The minimum Gasteiger partial charge on any atom is -0.493 e. The molecule has 26 heavy (non-hydrogen) atoms. The molecule has 0 radical (unpaired) electrons. The van der Waals surface area contributed by atoms with Crippen molar-refractivity contribution in [3.8, 4) is 11.5 Å². The molecule has 7 nitrogen and oxygen atoms in total. The van der Waals surface area contributed by atoms with Crippen molar-refractivity contribution in [2.24, 2.45) is 0 Å². The summed E-state index contributed by atoms with van der Waals surface area (Å²) in [5.74, 6) is 1.06. The minimum absolute atomic E-state index is 0.0483. The van der Waals surface area contributed by atoms with Crippen LogP contribution in [0.5, 0.6) is 11.5 Å². The van der Waals surface area contributed by atoms with Gasteiger partial charge in [0, 0.05) is 19.3 Å². The van der Waals surface area contributed by atoms with Crippen LogP contribution in [0.3, 0.4) is 0 Å². The Labute approximate surface area is 152 Å². The Hall–Kier alpha value is -2.58. The van der Waals surface area contributed by atoms with Gasteiger partial charge in [-0.3, -0.25) is 4.79 Å². The summed E-state index contributed by atoms with van der Waals surface area (Å²) in [5.41, 5.74) is 2.20. The van der Waals surface area contributed by atoms with Crippen molar-refractivity contribution in [3.63, 3.8) is 0 Å². The number of ether oxygens (including phenoxy) is 2. The highest BCUT2D eigenvalue weighted by Gasteiger charge is 2.26. The quantitative estimate of drug-likeness (QED) is 0.830. The van der Waals surface area contributed by atoms with Crippen LogP contribution >= 0.6 is 0 Å². The number of sulfonamides is 1. The summed E-state index contributed by atoms with van der Waals surface area (Å²) < 4.78 is 38.1. The van der Waals surface area contributed by atoms with E-state index in [1.54, 1.807) is 37.4 Å². The third kappa shape index (κ3) is 3.38. The van der Waals surface area contributed by atoms with Gasteiger partial charge in [-0.05, 0) is 41.5 Å². The number of carbonyl (C=O) groups is 1. The summed E-state index contributed by atoms with van der Waals surface area (Å²) in [6, 6.07) is 9.92. The first kappa shape index (κ1) is 18.2. The zero-order chi connectivity index (χ0) is 18.9. The van der Waals surface area contributed by atoms with Gasteiger partial charge in [-0.15, -0.1) is 0 Å². The van der Waals surface area contributed by atoms with Gasteiger partial charge >= 0.3 is 0 Å². The number of rotatable bonds is 6. The Morgan fingerprint density at radius 3 is 2.50 bits per heavy atom. The molecule has 0 bridgehead atoms. The van der Waals surface area contributed by atoms with Crippen molar-refractivity contribution in [3.05, 3.63) is 47.5 Å². The molecular formula is C18H20N2O5S. The van der Waals surface area contributed by atoms with Gasteiger partial charge in [-0.25, -0.2) is 13.1 Å². The summed E-state index contributed by atoms with van der Waals surface area (Å²) >= 11 is 0. The summed E-state index contributed by atoms with van der Waals surface area (Å²) in [7, 11) is 1.04. The van der Waals surface area contributed by atoms with Crippen LogP contribution in [0, 0.1) is 0 Å². The number of carbonyl (C=O) groups excluding carboxylic acids is 1. The first-order valence-corrected chi connectivity index (χ1v) is 9.44. The summed E-state index contributed by atoms with van der Waals surface area (Å²) in [5, 5.41) is 0. The van der Waals surface area contributed by atoms with Crippen LogP contribution in [0.4, 0.5) is 5.69 Å². The third-order valence-electron chi connectivity index (χ3n) is 4.35. The highest BCUT2D eigenvalue weighted by atomic mass is 32.2. The zero-order valence-corrected chi connectivity index (χ0v) is 15.6. The van der Waals surface area contributed by atoms with E-state index >= 15 is 0 Å². The van der Waals surface area contributed by atoms with Crippen molar-refractivity contribution < 1.29 is 22.7 Å². The molecule has 0 aromatic heterocycles. The van der Waals surface area contributed by atoms with Crippen LogP contribution in [0.25, 0.3) is 0 Å². The number of hydrogen-bond donors (Lipinski definition) is 1. The first-order valence-electron chi connectivity index (χ1n) is 7.96. The van der Waals surface area contributed by atoms with Crippen molar-refractivity contribution in [1.82, 2.24) is 4.72 Å². The van der Waals surface area contributed by atoms with Crippen molar-refractivity contribution in [2.45, 2.75) is 17.9 Å². The van der Waals surface area contributed by atoms with Crippen LogP contribution in [0.2, 0.25) is 0 Å². The smallest absolute Gasteiger partial charge is 0.240 e. The van der Waals surface area contributed by atoms with E-state index in [0.717, 1.165) is 11.3 Å². The molecule has 0 atom stereocenters. The van der Waals surface area contributed by atoms with Gasteiger partial charge in [-0.2, -0.15) is 0 Å². The lowest BCUT2D eigenvalue weighted by molar-refractivity contribution is -0.117. The van der Waals surface area contributed by atoms with Crippen molar-refractivity contribution in [1.29, 1.82) is 0 Å². The Bertz CT molecular complexity index is 956. The molecule has 1 aliphatic heterocycles. The van der Waals surface area contributed by atoms with E-state index in [2.05, 4.69) is 4.72 Å². The van der Waals surface area contributed by atoms with Crippen LogP contribution in [0.15, 0.2) is 41.3 Å². The Balaban J connectivity index is 1.78. The van der Waals surface area contributed by atoms with E-state index in [9.17, 15) is 13.2 Å². The SMILES string of the molecule is COc1ccc(CNS(=O)(=O)c2ccc3c(c2)CC(=O)N3C)cc1OC. The summed E-state index contributed by atoms with van der Waals surface area (Å²) in [6.45, 7) is 0.110. The maximum Gasteiger partial charge on any atom is 0.240 e. The third-order valence-corrected chi connectivity index (χ3v) is 5.75. The number of fused-ring (bicyclic) bond motifs is 1. The molecule has 3 rings (SSSR count). The van der Waals surface area contributed by atoms with Crippen molar-refractivity contribution >= 4 is 21.6 Å². The average Bonchev–Trinajstić information content (AvgIpc) is 2.93. The number of amides is 1. The van der Waals surface area contributed by atoms with E-state index in [4.69, 9.17) is 9.47 Å². The highest BCUT2D eigenvalue weighted by molar-refractivity contribution is 7.89. The molecule has 0 spiro atoms. The molecule has 0 fully saturated rings. The Morgan fingerprint density at radius 1 is 1.08 bits per heavy atom. The molecule has 0 aliphatic carbocycles. The number of hydrogen-bond acceptors (Lipinski definition) is 5. The second kappa shape index (κ2) is 6.97. The van der Waals surface area contributed by atoms with Gasteiger partial charge in [0.15, 0.2) is 11.5 Å². The molecule has 2 aromatic rings. The molecule has 8 heteroatoms. The molecule has 0 saturated heterocycles. The molecule has 2 aromatic carbocycles. The van der Waals surface area contributed by atoms with Gasteiger partial charge in [0.1, 0.15) is 0 Å². The molecule has 138 valence electrons. The molecule has 0 unspecified atom stereocenters. The lowest BCUT2D eigenvalue weighted by Gasteiger charge is -2.12. The maximum atomic E-state index is 12.6. The Kier molecular flexibility index (Phi) is 4.88. The van der Waals surface area contributed by atoms with E-state index in [0.29, 0.717) is 17.1 Å². The second-order valence-electron chi connectivity index (χ2n) is 5.93. The van der Waals surface area contributed by atoms with Gasteiger partial charge < -0.3 is 14.4 Å². The topological polar surface area (TPSA) is 84.9 Å². The Morgan fingerprint density at radius 2 is 1.81 bits per heavy atom. The number of nitrogens with zero attached hydrogens (tertiary/aromatic N) is 1. The lowest BCUT2D eigenvalue weighted by Crippen LogP contribution is -2.23. The molecule has 1 amide bonds. The fourth-order valence-electron chi connectivity index (χ4n) is 2.87. The largest absolute Gasteiger partial charge is 0.493 e. The second-order valence-corrected chi connectivity index (χ2v) is 7.70. The van der Waals surface area contributed by atoms with Gasteiger partial charge in [0.25, 0.3) is 0 Å². The fraction of sp³-hybridized carbons (Fsp3) is 0.278. The van der Waals surface area contributed by atoms with Crippen LogP contribution in [-0.2, 0) is 27.8 Å². The molecule has 1 heterocycles. The minimum atomic E-state index is -3.70. The normalized spacial score (nSPS) is 13.7. The van der Waals surface area contributed by atoms with Gasteiger partial charge in [0.2, 0.25) is 15.9 Å². The van der Waals surface area contributed by atoms with Crippen LogP contribution in [-0.4, -0.2) is 35.6 Å². The van der Waals surface area contributed by atoms with Crippen LogP contribution < -0.4 is 19.1 Å². The molecule has 1 N–H and O–H groups in total. The van der Waals surface area contributed by atoms with Gasteiger partial charge in [0.05, 0.1) is 25.5 Å². The van der Waals surface area contributed by atoms with Gasteiger partial charge in [-0.1, -0.05) is 6.07 Å². The standard InChI is InChI=1S/C18H20N2O5S/c1-20-15-6-5-14(9-13(15)10-18(20)21)26(22,23)19-11-12-4-7-16(24-2)17(8-12)25-3/h4-9,19H,10-11H2,1-3H3. The average molecular weight is 376 g/mol. The fourth-order valence-corrected chi connectivity index (χ4v) is 3.93. The molecule has 0 saturated carbocycles. The number of nitrogens with one attached hydrogen (secondary N) is 1. The van der Waals surface area contributed by atoms with Crippen molar-refractivity contribution in [2.75, 3.05) is 26.2 Å². The number of likely N-dealkylation sites (N-methyl/N-ethyl adjacent to an activating group) is 1. The number of methoxy groups -OCH3 is 2.